The topological polar surface area (TPSA) is 102 Å². The largest absolute Gasteiger partial charge is 0.478 e. The van der Waals surface area contributed by atoms with Crippen molar-refractivity contribution in [1.29, 1.82) is 0 Å². The summed E-state index contributed by atoms with van der Waals surface area (Å²) in [4.78, 5) is 24.7. The van der Waals surface area contributed by atoms with Crippen LogP contribution < -0.4 is 0 Å². The molecule has 0 radical (unpaired) electrons. The number of aliphatic hydroxyl groups excluding tert-OH is 1. The zero-order valence-corrected chi connectivity index (χ0v) is 22.3. The third kappa shape index (κ3) is 7.60. The van der Waals surface area contributed by atoms with Crippen LogP contribution in [0.4, 0.5) is 4.39 Å². The van der Waals surface area contributed by atoms with E-state index in [0.717, 1.165) is 5.56 Å². The number of aryl methyl sites for hydroxylation is 2. The number of rotatable bonds is 10. The van der Waals surface area contributed by atoms with Gasteiger partial charge in [-0.05, 0) is 76.8 Å². The van der Waals surface area contributed by atoms with Crippen molar-refractivity contribution in [3.8, 4) is 0 Å². The quantitative estimate of drug-likeness (QED) is 0.379. The maximum Gasteiger partial charge on any atom is 0.338 e. The SMILES string of the molecule is Cc1cc(C)c(C(=O)O)c(/C=C/C[C@@H]2OC(C)(C)O[C@@H]2C(OC(=O)c2ccccc2)/C(F)=C\C[C@@H](C)O)c1. The summed E-state index contributed by atoms with van der Waals surface area (Å²) in [5, 5.41) is 19.3. The van der Waals surface area contributed by atoms with E-state index in [2.05, 4.69) is 0 Å². The fourth-order valence-electron chi connectivity index (χ4n) is 4.49. The lowest BCUT2D eigenvalue weighted by atomic mass is 9.97. The van der Waals surface area contributed by atoms with Crippen LogP contribution in [0, 0.1) is 13.8 Å². The van der Waals surface area contributed by atoms with E-state index in [1.807, 2.05) is 6.92 Å². The normalized spacial score (nSPS) is 20.9. The van der Waals surface area contributed by atoms with E-state index >= 15 is 4.39 Å². The van der Waals surface area contributed by atoms with Crippen molar-refractivity contribution in [2.24, 2.45) is 0 Å². The Morgan fingerprint density at radius 1 is 1.16 bits per heavy atom. The van der Waals surface area contributed by atoms with Crippen molar-refractivity contribution < 1.29 is 38.4 Å². The van der Waals surface area contributed by atoms with E-state index in [-0.39, 0.29) is 24.0 Å². The Hall–Kier alpha value is -3.33. The Bertz CT molecular complexity index is 1200. The monoisotopic (exact) mass is 526 g/mol. The van der Waals surface area contributed by atoms with Crippen LogP contribution in [0.1, 0.15) is 71.0 Å². The van der Waals surface area contributed by atoms with Crippen molar-refractivity contribution in [2.45, 2.75) is 77.7 Å². The molecule has 0 amide bonds. The van der Waals surface area contributed by atoms with Gasteiger partial charge in [0.15, 0.2) is 11.9 Å². The number of aliphatic hydroxyl groups is 1. The first-order valence-corrected chi connectivity index (χ1v) is 12.5. The molecular weight excluding hydrogens is 491 g/mol. The average Bonchev–Trinajstić information content (AvgIpc) is 3.14. The Morgan fingerprint density at radius 2 is 1.84 bits per heavy atom. The molecule has 0 aliphatic carbocycles. The lowest BCUT2D eigenvalue weighted by Crippen LogP contribution is -2.39. The highest BCUT2D eigenvalue weighted by molar-refractivity contribution is 5.94. The van der Waals surface area contributed by atoms with Gasteiger partial charge in [0.2, 0.25) is 0 Å². The van der Waals surface area contributed by atoms with Crippen LogP contribution in [0.5, 0.6) is 0 Å². The van der Waals surface area contributed by atoms with Crippen LogP contribution in [0.2, 0.25) is 0 Å². The van der Waals surface area contributed by atoms with E-state index in [1.165, 1.54) is 13.0 Å². The van der Waals surface area contributed by atoms with E-state index in [4.69, 9.17) is 14.2 Å². The van der Waals surface area contributed by atoms with Gasteiger partial charge in [-0.1, -0.05) is 48.0 Å². The molecule has 1 heterocycles. The van der Waals surface area contributed by atoms with Gasteiger partial charge in [0, 0.05) is 0 Å². The van der Waals surface area contributed by atoms with Crippen LogP contribution in [0.3, 0.4) is 0 Å². The zero-order chi connectivity index (χ0) is 28.0. The van der Waals surface area contributed by atoms with E-state index < -0.39 is 48.0 Å². The Balaban J connectivity index is 1.90. The molecule has 38 heavy (non-hydrogen) atoms. The molecule has 2 N–H and O–H groups in total. The molecule has 1 aliphatic rings. The molecule has 3 rings (SSSR count). The summed E-state index contributed by atoms with van der Waals surface area (Å²) in [6.07, 6.45) is 0.979. The third-order valence-electron chi connectivity index (χ3n) is 6.08. The number of benzene rings is 2. The molecule has 204 valence electrons. The van der Waals surface area contributed by atoms with Gasteiger partial charge in [-0.3, -0.25) is 0 Å². The number of carbonyl (C=O) groups excluding carboxylic acids is 1. The van der Waals surface area contributed by atoms with Crippen LogP contribution in [0.15, 0.2) is 60.4 Å². The van der Waals surface area contributed by atoms with Gasteiger partial charge in [-0.15, -0.1) is 0 Å². The number of ether oxygens (including phenoxy) is 3. The maximum atomic E-state index is 15.5. The summed E-state index contributed by atoms with van der Waals surface area (Å²) in [6.45, 7) is 8.52. The number of hydrogen-bond acceptors (Lipinski definition) is 6. The zero-order valence-electron chi connectivity index (χ0n) is 22.3. The van der Waals surface area contributed by atoms with Crippen LogP contribution >= 0.6 is 0 Å². The molecule has 7 nitrogen and oxygen atoms in total. The fraction of sp³-hybridized carbons (Fsp3) is 0.400. The number of carbonyl (C=O) groups is 2. The summed E-state index contributed by atoms with van der Waals surface area (Å²) in [5.74, 6) is -3.59. The van der Waals surface area contributed by atoms with Crippen molar-refractivity contribution in [1.82, 2.24) is 0 Å². The first-order valence-electron chi connectivity index (χ1n) is 12.5. The summed E-state index contributed by atoms with van der Waals surface area (Å²) in [7, 11) is 0. The van der Waals surface area contributed by atoms with Crippen molar-refractivity contribution in [3.05, 3.63) is 88.3 Å². The van der Waals surface area contributed by atoms with Gasteiger partial charge in [-0.2, -0.15) is 0 Å². The molecular formula is C30H35FO7. The molecule has 1 fully saturated rings. The van der Waals surface area contributed by atoms with Gasteiger partial charge in [0.25, 0.3) is 0 Å². The second-order valence-electron chi connectivity index (χ2n) is 9.99. The number of carboxylic acids is 1. The Kier molecular flexibility index (Phi) is 9.60. The second kappa shape index (κ2) is 12.5. The second-order valence-corrected chi connectivity index (χ2v) is 9.99. The standard InChI is InChI=1S/C30H35FO7/c1-18-16-19(2)25(28(33)34)22(17-18)12-9-13-24-27(38-30(4,5)37-24)26(23(31)15-14-20(3)32)36-29(35)21-10-7-6-8-11-21/h6-12,15-17,20,24,26-27,32H,13-14H2,1-5H3,(H,33,34)/b12-9+,23-15+/t20-,24+,26?,27+/m1/s1. The lowest BCUT2D eigenvalue weighted by molar-refractivity contribution is -0.154. The van der Waals surface area contributed by atoms with E-state index in [9.17, 15) is 19.8 Å². The predicted octanol–water partition coefficient (Wildman–Crippen LogP) is 5.77. The fourth-order valence-corrected chi connectivity index (χ4v) is 4.49. The van der Waals surface area contributed by atoms with Gasteiger partial charge in [0.05, 0.1) is 23.3 Å². The molecule has 1 saturated heterocycles. The maximum absolute atomic E-state index is 15.5. The lowest BCUT2D eigenvalue weighted by Gasteiger charge is -2.25. The number of carboxylic acid groups (broad SMARTS) is 1. The van der Waals surface area contributed by atoms with Crippen molar-refractivity contribution in [2.75, 3.05) is 0 Å². The van der Waals surface area contributed by atoms with Gasteiger partial charge in [0.1, 0.15) is 11.9 Å². The molecule has 8 heteroatoms. The highest BCUT2D eigenvalue weighted by atomic mass is 19.1. The Labute approximate surface area is 222 Å². The third-order valence-corrected chi connectivity index (χ3v) is 6.08. The first-order chi connectivity index (χ1) is 17.9. The smallest absolute Gasteiger partial charge is 0.338 e. The average molecular weight is 527 g/mol. The molecule has 0 aromatic heterocycles. The van der Waals surface area contributed by atoms with Gasteiger partial charge in [-0.25, -0.2) is 14.0 Å². The minimum absolute atomic E-state index is 0.0252. The molecule has 1 aliphatic heterocycles. The molecule has 2 aromatic carbocycles. The van der Waals surface area contributed by atoms with E-state index in [0.29, 0.717) is 11.1 Å². The summed E-state index contributed by atoms with van der Waals surface area (Å²) < 4.78 is 33.1. The van der Waals surface area contributed by atoms with Crippen molar-refractivity contribution >= 4 is 18.0 Å². The molecule has 1 unspecified atom stereocenters. The van der Waals surface area contributed by atoms with Gasteiger partial charge < -0.3 is 24.4 Å². The first kappa shape index (κ1) is 29.2. The predicted molar refractivity (Wildman–Crippen MR) is 141 cm³/mol. The molecule has 2 aromatic rings. The minimum Gasteiger partial charge on any atom is -0.478 e. The summed E-state index contributed by atoms with van der Waals surface area (Å²) in [5.41, 5.74) is 2.57. The summed E-state index contributed by atoms with van der Waals surface area (Å²) in [6, 6.07) is 11.8. The Morgan fingerprint density at radius 3 is 2.47 bits per heavy atom. The number of esters is 1. The molecule has 0 spiro atoms. The van der Waals surface area contributed by atoms with Crippen LogP contribution in [-0.2, 0) is 14.2 Å². The highest BCUT2D eigenvalue weighted by Crippen LogP contribution is 2.36. The van der Waals surface area contributed by atoms with Crippen LogP contribution in [0.25, 0.3) is 6.08 Å². The number of hydrogen-bond donors (Lipinski definition) is 2. The van der Waals surface area contributed by atoms with Crippen molar-refractivity contribution in [3.63, 3.8) is 0 Å². The number of halogens is 1. The molecule has 0 bridgehead atoms. The summed E-state index contributed by atoms with van der Waals surface area (Å²) >= 11 is 0. The minimum atomic E-state index is -1.42. The van der Waals surface area contributed by atoms with Crippen LogP contribution in [-0.4, -0.2) is 52.4 Å². The molecule has 0 saturated carbocycles. The highest BCUT2D eigenvalue weighted by Gasteiger charge is 2.47. The number of aromatic carboxylic acids is 1. The molecule has 4 atom stereocenters. The van der Waals surface area contributed by atoms with Gasteiger partial charge >= 0.3 is 11.9 Å². The van der Waals surface area contributed by atoms with E-state index in [1.54, 1.807) is 75.4 Å².